The van der Waals surface area contributed by atoms with E-state index in [1.54, 1.807) is 6.07 Å². The molecule has 116 valence electrons. The molecular weight excluding hydrogens is 269 g/mol. The summed E-state index contributed by atoms with van der Waals surface area (Å²) in [5.74, 6) is 0.192. The Hall–Kier alpha value is -1.13. The number of rotatable bonds is 3. The Kier molecular flexibility index (Phi) is 3.70. The second-order valence-corrected chi connectivity index (χ2v) is 7.10. The molecular formula is C17H24FNO2. The zero-order valence-corrected chi connectivity index (χ0v) is 12.7. The summed E-state index contributed by atoms with van der Waals surface area (Å²) in [5.41, 5.74) is -0.302. The van der Waals surface area contributed by atoms with E-state index in [-0.39, 0.29) is 11.7 Å². The largest absolute Gasteiger partial charge is 0.505 e. The monoisotopic (exact) mass is 293 g/mol. The molecule has 4 heteroatoms. The number of aromatic hydroxyl groups is 1. The Morgan fingerprint density at radius 2 is 2.10 bits per heavy atom. The minimum Gasteiger partial charge on any atom is -0.505 e. The smallest absolute Gasteiger partial charge is 0.164 e. The molecule has 0 aliphatic heterocycles. The predicted molar refractivity (Wildman–Crippen MR) is 79.5 cm³/mol. The fourth-order valence-electron chi connectivity index (χ4n) is 4.45. The average Bonchev–Trinajstić information content (AvgIpc) is 2.81. The molecule has 2 fully saturated rings. The molecule has 0 amide bonds. The van der Waals surface area contributed by atoms with Gasteiger partial charge in [0, 0.05) is 12.5 Å². The topological polar surface area (TPSA) is 43.7 Å². The standard InChI is InChI=1S/C17H24FNO2/c1-19(2)10-14-12-4-3-11(7-12)9-17(14,21)13-5-6-15(18)16(20)8-13/h5-6,8,11-12,14,20-21H,3-4,7,9-10H2,1-2H3/t11-,12+,14+,17?/m1/s1. The molecule has 4 atom stereocenters. The van der Waals surface area contributed by atoms with E-state index < -0.39 is 11.4 Å². The maximum atomic E-state index is 13.3. The van der Waals surface area contributed by atoms with Gasteiger partial charge in [0.1, 0.15) is 0 Å². The van der Waals surface area contributed by atoms with Gasteiger partial charge < -0.3 is 15.1 Å². The maximum Gasteiger partial charge on any atom is 0.164 e. The van der Waals surface area contributed by atoms with Gasteiger partial charge in [0.25, 0.3) is 0 Å². The molecule has 0 aromatic heterocycles. The van der Waals surface area contributed by atoms with Crippen LogP contribution in [0.1, 0.15) is 31.2 Å². The van der Waals surface area contributed by atoms with Crippen LogP contribution < -0.4 is 0 Å². The van der Waals surface area contributed by atoms with Crippen LogP contribution in [0.5, 0.6) is 5.75 Å². The second-order valence-electron chi connectivity index (χ2n) is 7.10. The molecule has 0 spiro atoms. The summed E-state index contributed by atoms with van der Waals surface area (Å²) in [5, 5.41) is 21.1. The van der Waals surface area contributed by atoms with E-state index in [4.69, 9.17) is 0 Å². The number of hydrogen-bond donors (Lipinski definition) is 2. The molecule has 0 heterocycles. The van der Waals surface area contributed by atoms with Crippen molar-refractivity contribution >= 4 is 0 Å². The molecule has 2 saturated carbocycles. The molecule has 0 saturated heterocycles. The van der Waals surface area contributed by atoms with Gasteiger partial charge in [-0.15, -0.1) is 0 Å². The second kappa shape index (κ2) is 5.25. The lowest BCUT2D eigenvalue weighted by atomic mass is 9.66. The van der Waals surface area contributed by atoms with Crippen molar-refractivity contribution in [3.63, 3.8) is 0 Å². The highest BCUT2D eigenvalue weighted by atomic mass is 19.1. The predicted octanol–water partition coefficient (Wildman–Crippen LogP) is 2.72. The number of fused-ring (bicyclic) bond motifs is 2. The van der Waals surface area contributed by atoms with Gasteiger partial charge in [0.2, 0.25) is 0 Å². The van der Waals surface area contributed by atoms with Crippen LogP contribution in [-0.4, -0.2) is 35.8 Å². The first-order valence-corrected chi connectivity index (χ1v) is 7.76. The van der Waals surface area contributed by atoms with Gasteiger partial charge in [-0.1, -0.05) is 12.5 Å². The van der Waals surface area contributed by atoms with Crippen molar-refractivity contribution in [2.24, 2.45) is 17.8 Å². The van der Waals surface area contributed by atoms with Gasteiger partial charge in [0.15, 0.2) is 11.6 Å². The van der Waals surface area contributed by atoms with Gasteiger partial charge in [-0.2, -0.15) is 0 Å². The number of hydrogen-bond acceptors (Lipinski definition) is 3. The maximum absolute atomic E-state index is 13.3. The lowest BCUT2D eigenvalue weighted by Crippen LogP contribution is -2.47. The zero-order chi connectivity index (χ0) is 15.2. The number of phenolic OH excluding ortho intramolecular Hbond substituents is 1. The third-order valence-electron chi connectivity index (χ3n) is 5.37. The Balaban J connectivity index is 2.00. The van der Waals surface area contributed by atoms with Crippen molar-refractivity contribution in [3.05, 3.63) is 29.6 Å². The van der Waals surface area contributed by atoms with Crippen molar-refractivity contribution in [3.8, 4) is 5.75 Å². The van der Waals surface area contributed by atoms with E-state index in [0.29, 0.717) is 23.8 Å². The third kappa shape index (κ3) is 2.55. The van der Waals surface area contributed by atoms with Crippen LogP contribution in [0.25, 0.3) is 0 Å². The van der Waals surface area contributed by atoms with E-state index >= 15 is 0 Å². The highest BCUT2D eigenvalue weighted by Crippen LogP contribution is 2.54. The molecule has 2 aliphatic rings. The van der Waals surface area contributed by atoms with Crippen LogP contribution in [-0.2, 0) is 5.60 Å². The Labute approximate surface area is 125 Å². The molecule has 2 N–H and O–H groups in total. The molecule has 1 aromatic carbocycles. The number of nitrogens with zero attached hydrogens (tertiary/aromatic N) is 1. The van der Waals surface area contributed by atoms with Crippen LogP contribution in [0.2, 0.25) is 0 Å². The lowest BCUT2D eigenvalue weighted by molar-refractivity contribution is -0.0892. The first-order valence-electron chi connectivity index (χ1n) is 7.76. The third-order valence-corrected chi connectivity index (χ3v) is 5.37. The highest BCUT2D eigenvalue weighted by Gasteiger charge is 2.51. The summed E-state index contributed by atoms with van der Waals surface area (Å²) in [6.45, 7) is 0.812. The van der Waals surface area contributed by atoms with Crippen LogP contribution in [0.15, 0.2) is 18.2 Å². The number of halogens is 1. The summed E-state index contributed by atoms with van der Waals surface area (Å²) in [4.78, 5) is 2.11. The van der Waals surface area contributed by atoms with E-state index in [0.717, 1.165) is 6.54 Å². The number of benzene rings is 1. The highest BCUT2D eigenvalue weighted by molar-refractivity contribution is 5.34. The summed E-state index contributed by atoms with van der Waals surface area (Å²) < 4.78 is 13.3. The molecule has 1 aromatic rings. The Morgan fingerprint density at radius 1 is 1.33 bits per heavy atom. The Morgan fingerprint density at radius 3 is 2.76 bits per heavy atom. The van der Waals surface area contributed by atoms with Crippen LogP contribution in [0.4, 0.5) is 4.39 Å². The minimum atomic E-state index is -0.959. The van der Waals surface area contributed by atoms with Crippen molar-refractivity contribution in [1.82, 2.24) is 4.90 Å². The van der Waals surface area contributed by atoms with Crippen molar-refractivity contribution in [2.45, 2.75) is 31.3 Å². The first kappa shape index (κ1) is 14.8. The van der Waals surface area contributed by atoms with Gasteiger partial charge in [-0.3, -0.25) is 0 Å². The molecule has 2 aliphatic carbocycles. The van der Waals surface area contributed by atoms with Crippen molar-refractivity contribution in [2.75, 3.05) is 20.6 Å². The average molecular weight is 293 g/mol. The number of phenols is 1. The van der Waals surface area contributed by atoms with Crippen molar-refractivity contribution in [1.29, 1.82) is 0 Å². The minimum absolute atomic E-state index is 0.135. The quantitative estimate of drug-likeness (QED) is 0.900. The first-order chi connectivity index (χ1) is 9.90. The molecule has 21 heavy (non-hydrogen) atoms. The summed E-state index contributed by atoms with van der Waals surface area (Å²) in [6, 6.07) is 4.29. The summed E-state index contributed by atoms with van der Waals surface area (Å²) in [7, 11) is 4.03. The van der Waals surface area contributed by atoms with Gasteiger partial charge in [-0.05, 0) is 62.9 Å². The van der Waals surface area contributed by atoms with E-state index in [1.165, 1.54) is 31.4 Å². The molecule has 3 rings (SSSR count). The molecule has 2 bridgehead atoms. The van der Waals surface area contributed by atoms with E-state index in [1.807, 2.05) is 14.1 Å². The zero-order valence-electron chi connectivity index (χ0n) is 12.7. The van der Waals surface area contributed by atoms with Crippen LogP contribution in [0.3, 0.4) is 0 Å². The van der Waals surface area contributed by atoms with Crippen molar-refractivity contribution < 1.29 is 14.6 Å². The van der Waals surface area contributed by atoms with Gasteiger partial charge in [0.05, 0.1) is 5.60 Å². The van der Waals surface area contributed by atoms with Crippen LogP contribution >= 0.6 is 0 Å². The normalized spacial score (nSPS) is 35.4. The van der Waals surface area contributed by atoms with E-state index in [9.17, 15) is 14.6 Å². The molecule has 3 nitrogen and oxygen atoms in total. The van der Waals surface area contributed by atoms with Gasteiger partial charge >= 0.3 is 0 Å². The lowest BCUT2D eigenvalue weighted by Gasteiger charge is -2.45. The fraction of sp³-hybridized carbons (Fsp3) is 0.647. The molecule has 0 radical (unpaired) electrons. The van der Waals surface area contributed by atoms with Gasteiger partial charge in [-0.25, -0.2) is 4.39 Å². The fourth-order valence-corrected chi connectivity index (χ4v) is 4.45. The summed E-state index contributed by atoms with van der Waals surface area (Å²) >= 11 is 0. The Bertz CT molecular complexity index is 534. The van der Waals surface area contributed by atoms with E-state index in [2.05, 4.69) is 4.90 Å². The SMILES string of the molecule is CN(C)C[C@H]1[C@H]2CC[C@H](C2)CC1(O)c1ccc(F)c(O)c1. The van der Waals surface area contributed by atoms with Crippen LogP contribution in [0, 0.1) is 23.6 Å². The number of aliphatic hydroxyl groups is 1. The molecule has 1 unspecified atom stereocenters. The summed E-state index contributed by atoms with van der Waals surface area (Å²) in [6.07, 6.45) is 4.24.